The first-order valence-electron chi connectivity index (χ1n) is 8.21. The number of ether oxygens (including phenoxy) is 1. The van der Waals surface area contributed by atoms with Crippen LogP contribution in [0.3, 0.4) is 0 Å². The van der Waals surface area contributed by atoms with E-state index in [1.54, 1.807) is 0 Å². The van der Waals surface area contributed by atoms with Crippen molar-refractivity contribution in [1.29, 1.82) is 0 Å². The van der Waals surface area contributed by atoms with Crippen LogP contribution >= 0.6 is 11.6 Å². The van der Waals surface area contributed by atoms with E-state index in [-0.39, 0.29) is 18.4 Å². The predicted octanol–water partition coefficient (Wildman–Crippen LogP) is 4.51. The Bertz CT molecular complexity index is 684. The van der Waals surface area contributed by atoms with E-state index in [0.717, 1.165) is 28.3 Å². The van der Waals surface area contributed by atoms with Crippen molar-refractivity contribution < 1.29 is 9.53 Å². The molecule has 0 unspecified atom stereocenters. The minimum Gasteiger partial charge on any atom is -0.483 e. The van der Waals surface area contributed by atoms with E-state index in [2.05, 4.69) is 19.2 Å². The van der Waals surface area contributed by atoms with Gasteiger partial charge in [0, 0.05) is 11.6 Å². The van der Waals surface area contributed by atoms with Crippen LogP contribution in [-0.4, -0.2) is 19.1 Å². The van der Waals surface area contributed by atoms with Gasteiger partial charge in [-0.15, -0.1) is 0 Å². The Labute approximate surface area is 149 Å². The molecule has 0 saturated heterocycles. The summed E-state index contributed by atoms with van der Waals surface area (Å²) in [5.74, 6) is 0.887. The van der Waals surface area contributed by atoms with Crippen LogP contribution in [0, 0.1) is 6.92 Å². The number of benzene rings is 2. The lowest BCUT2D eigenvalue weighted by Gasteiger charge is -2.16. The molecular weight excluding hydrogens is 322 g/mol. The highest BCUT2D eigenvalue weighted by Gasteiger charge is 2.12. The SMILES string of the molecule is Cc1cc(OCC(=O)NCCc2ccccc2)c(C(C)C)cc1Cl. The van der Waals surface area contributed by atoms with Crippen LogP contribution < -0.4 is 10.1 Å². The molecule has 0 aliphatic rings. The average Bonchev–Trinajstić information content (AvgIpc) is 2.56. The second-order valence-corrected chi connectivity index (χ2v) is 6.58. The molecule has 2 aromatic rings. The second-order valence-electron chi connectivity index (χ2n) is 6.17. The number of nitrogens with one attached hydrogen (secondary N) is 1. The van der Waals surface area contributed by atoms with E-state index in [1.165, 1.54) is 5.56 Å². The number of hydrogen-bond donors (Lipinski definition) is 1. The lowest BCUT2D eigenvalue weighted by molar-refractivity contribution is -0.123. The largest absolute Gasteiger partial charge is 0.483 e. The molecule has 0 aliphatic heterocycles. The molecule has 0 radical (unpaired) electrons. The van der Waals surface area contributed by atoms with Crippen molar-refractivity contribution in [3.8, 4) is 5.75 Å². The first-order valence-corrected chi connectivity index (χ1v) is 8.58. The van der Waals surface area contributed by atoms with Gasteiger partial charge in [-0.3, -0.25) is 4.79 Å². The molecule has 1 N–H and O–H groups in total. The van der Waals surface area contributed by atoms with Gasteiger partial charge in [-0.05, 0) is 48.1 Å². The summed E-state index contributed by atoms with van der Waals surface area (Å²) in [4.78, 5) is 12.0. The molecule has 3 nitrogen and oxygen atoms in total. The number of rotatable bonds is 7. The zero-order chi connectivity index (χ0) is 17.5. The van der Waals surface area contributed by atoms with Crippen LogP contribution in [0.25, 0.3) is 0 Å². The van der Waals surface area contributed by atoms with Gasteiger partial charge >= 0.3 is 0 Å². The highest BCUT2D eigenvalue weighted by Crippen LogP contribution is 2.31. The molecule has 4 heteroatoms. The van der Waals surface area contributed by atoms with Gasteiger partial charge in [-0.25, -0.2) is 0 Å². The fraction of sp³-hybridized carbons (Fsp3) is 0.350. The average molecular weight is 346 g/mol. The fourth-order valence-corrected chi connectivity index (χ4v) is 2.60. The predicted molar refractivity (Wildman–Crippen MR) is 98.9 cm³/mol. The van der Waals surface area contributed by atoms with Gasteiger partial charge in [0.15, 0.2) is 6.61 Å². The van der Waals surface area contributed by atoms with Crippen LogP contribution in [0.2, 0.25) is 5.02 Å². The van der Waals surface area contributed by atoms with Gasteiger partial charge in [-0.1, -0.05) is 55.8 Å². The smallest absolute Gasteiger partial charge is 0.257 e. The second kappa shape index (κ2) is 8.74. The summed E-state index contributed by atoms with van der Waals surface area (Å²) in [6.45, 7) is 6.69. The molecule has 0 spiro atoms. The van der Waals surface area contributed by atoms with Gasteiger partial charge in [0.25, 0.3) is 5.91 Å². The minimum atomic E-state index is -0.117. The lowest BCUT2D eigenvalue weighted by atomic mass is 10.0. The number of aryl methyl sites for hydroxylation is 1. The van der Waals surface area contributed by atoms with Crippen LogP contribution in [0.1, 0.15) is 36.5 Å². The Hall–Kier alpha value is -2.00. The first-order chi connectivity index (χ1) is 11.5. The maximum atomic E-state index is 12.0. The monoisotopic (exact) mass is 345 g/mol. The molecular formula is C20H24ClNO2. The Balaban J connectivity index is 1.86. The van der Waals surface area contributed by atoms with E-state index >= 15 is 0 Å². The Morgan fingerprint density at radius 1 is 1.21 bits per heavy atom. The number of halogens is 1. The standard InChI is InChI=1S/C20H24ClNO2/c1-14(2)17-12-18(21)15(3)11-19(17)24-13-20(23)22-10-9-16-7-5-4-6-8-16/h4-8,11-12,14H,9-10,13H2,1-3H3,(H,22,23). The maximum Gasteiger partial charge on any atom is 0.257 e. The Morgan fingerprint density at radius 3 is 2.58 bits per heavy atom. The highest BCUT2D eigenvalue weighted by molar-refractivity contribution is 6.31. The lowest BCUT2D eigenvalue weighted by Crippen LogP contribution is -2.30. The summed E-state index contributed by atoms with van der Waals surface area (Å²) in [7, 11) is 0. The van der Waals surface area contributed by atoms with Crippen molar-refractivity contribution in [3.63, 3.8) is 0 Å². The molecule has 0 fully saturated rings. The quantitative estimate of drug-likeness (QED) is 0.801. The number of carbonyl (C=O) groups is 1. The van der Waals surface area contributed by atoms with Crippen LogP contribution in [0.15, 0.2) is 42.5 Å². The Morgan fingerprint density at radius 2 is 1.92 bits per heavy atom. The van der Waals surface area contributed by atoms with Crippen LogP contribution in [-0.2, 0) is 11.2 Å². The zero-order valence-electron chi connectivity index (χ0n) is 14.4. The highest BCUT2D eigenvalue weighted by atomic mass is 35.5. The molecule has 128 valence electrons. The molecule has 0 aliphatic carbocycles. The molecule has 0 aromatic heterocycles. The van der Waals surface area contributed by atoms with Gasteiger partial charge in [0.2, 0.25) is 0 Å². The zero-order valence-corrected chi connectivity index (χ0v) is 15.2. The topological polar surface area (TPSA) is 38.3 Å². The number of amides is 1. The first kappa shape index (κ1) is 18.3. The van der Waals surface area contributed by atoms with Crippen molar-refractivity contribution in [3.05, 3.63) is 64.2 Å². The van der Waals surface area contributed by atoms with E-state index < -0.39 is 0 Å². The summed E-state index contributed by atoms with van der Waals surface area (Å²) < 4.78 is 5.73. The van der Waals surface area contributed by atoms with E-state index in [4.69, 9.17) is 16.3 Å². The van der Waals surface area contributed by atoms with E-state index in [9.17, 15) is 4.79 Å². The van der Waals surface area contributed by atoms with Gasteiger partial charge < -0.3 is 10.1 Å². The van der Waals surface area contributed by atoms with Crippen LogP contribution in [0.4, 0.5) is 0 Å². The summed E-state index contributed by atoms with van der Waals surface area (Å²) in [5, 5.41) is 3.61. The maximum absolute atomic E-state index is 12.0. The fourth-order valence-electron chi connectivity index (χ4n) is 2.43. The third-order valence-corrected chi connectivity index (χ3v) is 4.26. The molecule has 0 saturated carbocycles. The molecule has 0 bridgehead atoms. The van der Waals surface area contributed by atoms with Crippen molar-refractivity contribution >= 4 is 17.5 Å². The minimum absolute atomic E-state index is 0.00951. The molecule has 0 atom stereocenters. The molecule has 24 heavy (non-hydrogen) atoms. The molecule has 2 rings (SSSR count). The molecule has 0 heterocycles. The molecule has 1 amide bonds. The number of hydrogen-bond acceptors (Lipinski definition) is 2. The molecule has 2 aromatic carbocycles. The Kier molecular flexibility index (Phi) is 6.68. The van der Waals surface area contributed by atoms with Gasteiger partial charge in [-0.2, -0.15) is 0 Å². The van der Waals surface area contributed by atoms with Crippen molar-refractivity contribution in [2.45, 2.75) is 33.1 Å². The number of carbonyl (C=O) groups excluding carboxylic acids is 1. The van der Waals surface area contributed by atoms with Gasteiger partial charge in [0.05, 0.1) is 0 Å². The normalized spacial score (nSPS) is 10.7. The summed E-state index contributed by atoms with van der Waals surface area (Å²) >= 11 is 6.18. The summed E-state index contributed by atoms with van der Waals surface area (Å²) in [6, 6.07) is 13.9. The third-order valence-electron chi connectivity index (χ3n) is 3.85. The summed E-state index contributed by atoms with van der Waals surface area (Å²) in [6.07, 6.45) is 0.809. The van der Waals surface area contributed by atoms with Crippen LogP contribution in [0.5, 0.6) is 5.75 Å². The van der Waals surface area contributed by atoms with E-state index in [1.807, 2.05) is 49.4 Å². The summed E-state index contributed by atoms with van der Waals surface area (Å²) in [5.41, 5.74) is 3.16. The third kappa shape index (κ3) is 5.27. The van der Waals surface area contributed by atoms with Crippen molar-refractivity contribution in [2.24, 2.45) is 0 Å². The van der Waals surface area contributed by atoms with Crippen molar-refractivity contribution in [2.75, 3.05) is 13.2 Å². The van der Waals surface area contributed by atoms with E-state index in [0.29, 0.717) is 6.54 Å². The van der Waals surface area contributed by atoms with Gasteiger partial charge in [0.1, 0.15) is 5.75 Å². The van der Waals surface area contributed by atoms with Crippen molar-refractivity contribution in [1.82, 2.24) is 5.32 Å².